The first kappa shape index (κ1) is 5.56. The Balaban J connectivity index is 2.07. The summed E-state index contributed by atoms with van der Waals surface area (Å²) in [6.45, 7) is 0. The van der Waals surface area contributed by atoms with E-state index < -0.39 is 0 Å². The highest BCUT2D eigenvalue weighted by molar-refractivity contribution is 14.1. The summed E-state index contributed by atoms with van der Waals surface area (Å²) in [5.41, 5.74) is 0.514. The largest absolute Gasteiger partial charge is 0.353 e. The van der Waals surface area contributed by atoms with Gasteiger partial charge in [-0.1, -0.05) is 34.4 Å². The minimum Gasteiger partial charge on any atom is -0.353 e. The van der Waals surface area contributed by atoms with Crippen LogP contribution in [0.4, 0.5) is 0 Å². The van der Waals surface area contributed by atoms with E-state index in [0.717, 1.165) is 4.43 Å². The molecule has 0 amide bonds. The van der Waals surface area contributed by atoms with E-state index in [0.29, 0.717) is 11.5 Å². The van der Waals surface area contributed by atoms with Crippen molar-refractivity contribution in [1.82, 2.24) is 0 Å². The van der Waals surface area contributed by atoms with Crippen LogP contribution in [0.1, 0.15) is 0 Å². The van der Waals surface area contributed by atoms with Crippen molar-refractivity contribution in [1.29, 1.82) is 0 Å². The molecule has 0 radical (unpaired) electrons. The molecule has 0 saturated carbocycles. The molecule has 0 N–H and O–H groups in total. The highest BCUT2D eigenvalue weighted by Crippen LogP contribution is 2.46. The van der Waals surface area contributed by atoms with Gasteiger partial charge < -0.3 is 4.74 Å². The zero-order valence-corrected chi connectivity index (χ0v) is 7.11. The normalized spacial score (nSPS) is 41.4. The number of ether oxygens (including phenoxy) is 1. The minimum atomic E-state index is 0.491. The van der Waals surface area contributed by atoms with E-state index in [2.05, 4.69) is 28.7 Å². The standard InChI is InChI=1S/C5H5IOS/c6-2-3-1-4-5(7-4)8-3/h1,4-5H,2H2. The molecule has 2 unspecified atom stereocenters. The van der Waals surface area contributed by atoms with Crippen LogP contribution in [-0.4, -0.2) is 16.0 Å². The van der Waals surface area contributed by atoms with Crippen molar-refractivity contribution in [3.63, 3.8) is 0 Å². The van der Waals surface area contributed by atoms with Gasteiger partial charge in [0.05, 0.1) is 0 Å². The van der Waals surface area contributed by atoms with E-state index in [1.54, 1.807) is 0 Å². The second-order valence-corrected chi connectivity index (χ2v) is 3.84. The maximum Gasteiger partial charge on any atom is 0.138 e. The van der Waals surface area contributed by atoms with Crippen molar-refractivity contribution in [2.75, 3.05) is 4.43 Å². The fraction of sp³-hybridized carbons (Fsp3) is 0.600. The number of rotatable bonds is 1. The second kappa shape index (κ2) is 1.88. The molecule has 0 aliphatic carbocycles. The highest BCUT2D eigenvalue weighted by Gasteiger charge is 2.43. The maximum atomic E-state index is 5.17. The lowest BCUT2D eigenvalue weighted by Gasteiger charge is -1.91. The third-order valence-corrected chi connectivity index (χ3v) is 3.77. The Labute approximate surface area is 66.0 Å². The van der Waals surface area contributed by atoms with Gasteiger partial charge in [-0.05, 0) is 11.0 Å². The molecule has 2 aliphatic rings. The van der Waals surface area contributed by atoms with Crippen LogP contribution in [0.5, 0.6) is 0 Å². The van der Waals surface area contributed by atoms with Crippen molar-refractivity contribution in [3.8, 4) is 0 Å². The van der Waals surface area contributed by atoms with Gasteiger partial charge in [-0.25, -0.2) is 0 Å². The van der Waals surface area contributed by atoms with E-state index in [-0.39, 0.29) is 0 Å². The first-order chi connectivity index (χ1) is 3.90. The van der Waals surface area contributed by atoms with E-state index in [4.69, 9.17) is 4.74 Å². The highest BCUT2D eigenvalue weighted by atomic mass is 127. The molecule has 0 aromatic carbocycles. The summed E-state index contributed by atoms with van der Waals surface area (Å²) in [4.78, 5) is 1.49. The van der Waals surface area contributed by atoms with Crippen molar-refractivity contribution < 1.29 is 4.74 Å². The predicted octanol–water partition coefficient (Wildman–Crippen LogP) is 1.78. The van der Waals surface area contributed by atoms with Crippen LogP contribution >= 0.6 is 34.4 Å². The zero-order chi connectivity index (χ0) is 5.56. The van der Waals surface area contributed by atoms with Crippen LogP contribution in [0.15, 0.2) is 11.0 Å². The molecule has 2 atom stereocenters. The molecule has 1 fully saturated rings. The van der Waals surface area contributed by atoms with Gasteiger partial charge in [-0.15, -0.1) is 0 Å². The molecule has 8 heavy (non-hydrogen) atoms. The van der Waals surface area contributed by atoms with E-state index in [1.165, 1.54) is 4.91 Å². The van der Waals surface area contributed by atoms with E-state index in [1.807, 2.05) is 11.8 Å². The Hall–Kier alpha value is 0.780. The zero-order valence-electron chi connectivity index (χ0n) is 4.13. The van der Waals surface area contributed by atoms with Crippen molar-refractivity contribution in [2.24, 2.45) is 0 Å². The molecule has 0 aromatic rings. The summed E-state index contributed by atoms with van der Waals surface area (Å²) >= 11 is 4.25. The van der Waals surface area contributed by atoms with Crippen LogP contribution < -0.4 is 0 Å². The molecule has 44 valence electrons. The number of allylic oxidation sites excluding steroid dienone is 1. The fourth-order valence-electron chi connectivity index (χ4n) is 0.770. The average Bonchev–Trinajstić information content (AvgIpc) is 2.40. The molecule has 0 aromatic heterocycles. The third-order valence-electron chi connectivity index (χ3n) is 1.23. The van der Waals surface area contributed by atoms with Crippen molar-refractivity contribution in [3.05, 3.63) is 11.0 Å². The topological polar surface area (TPSA) is 12.5 Å². The fourth-order valence-corrected chi connectivity index (χ4v) is 2.53. The maximum absolute atomic E-state index is 5.17. The van der Waals surface area contributed by atoms with Gasteiger partial charge in [-0.2, -0.15) is 0 Å². The Bertz CT molecular complexity index is 145. The molecule has 3 heteroatoms. The van der Waals surface area contributed by atoms with Gasteiger partial charge in [0.25, 0.3) is 0 Å². The molecule has 2 rings (SSSR count). The Morgan fingerprint density at radius 3 is 3.12 bits per heavy atom. The first-order valence-corrected chi connectivity index (χ1v) is 4.89. The predicted molar refractivity (Wildman–Crippen MR) is 43.2 cm³/mol. The van der Waals surface area contributed by atoms with Gasteiger partial charge in [-0.3, -0.25) is 0 Å². The van der Waals surface area contributed by atoms with Crippen molar-refractivity contribution in [2.45, 2.75) is 11.5 Å². The number of alkyl halides is 1. The van der Waals surface area contributed by atoms with Crippen LogP contribution in [0.3, 0.4) is 0 Å². The molecule has 0 spiro atoms. The average molecular weight is 240 g/mol. The number of epoxide rings is 1. The summed E-state index contributed by atoms with van der Waals surface area (Å²) in [7, 11) is 0. The van der Waals surface area contributed by atoms with Crippen LogP contribution in [0.2, 0.25) is 0 Å². The van der Waals surface area contributed by atoms with E-state index in [9.17, 15) is 0 Å². The lowest BCUT2D eigenvalue weighted by molar-refractivity contribution is 0.426. The molecule has 0 bridgehead atoms. The van der Waals surface area contributed by atoms with Gasteiger partial charge in [0.15, 0.2) is 0 Å². The summed E-state index contributed by atoms with van der Waals surface area (Å²) in [5, 5.41) is 0. The Kier molecular flexibility index (Phi) is 1.31. The van der Waals surface area contributed by atoms with Gasteiger partial charge >= 0.3 is 0 Å². The second-order valence-electron chi connectivity index (χ2n) is 1.85. The number of fused-ring (bicyclic) bond motifs is 1. The van der Waals surface area contributed by atoms with Crippen LogP contribution in [-0.2, 0) is 4.74 Å². The third kappa shape index (κ3) is 0.804. The van der Waals surface area contributed by atoms with Crippen LogP contribution in [0.25, 0.3) is 0 Å². The summed E-state index contributed by atoms with van der Waals surface area (Å²) in [6.07, 6.45) is 2.71. The molecule has 2 heterocycles. The summed E-state index contributed by atoms with van der Waals surface area (Å²) in [5.74, 6) is 0. The number of halogens is 1. The molecular formula is C5H5IOS. The number of hydrogen-bond donors (Lipinski definition) is 0. The summed E-state index contributed by atoms with van der Waals surface area (Å²) < 4.78 is 6.32. The first-order valence-electron chi connectivity index (χ1n) is 2.49. The monoisotopic (exact) mass is 240 g/mol. The van der Waals surface area contributed by atoms with Gasteiger partial charge in [0, 0.05) is 4.43 Å². The Morgan fingerprint density at radius 2 is 2.75 bits per heavy atom. The number of thioether (sulfide) groups is 1. The lowest BCUT2D eigenvalue weighted by Crippen LogP contribution is -1.74. The Morgan fingerprint density at radius 1 is 1.88 bits per heavy atom. The van der Waals surface area contributed by atoms with Crippen LogP contribution in [0, 0.1) is 0 Å². The van der Waals surface area contributed by atoms with Gasteiger partial charge in [0.1, 0.15) is 11.5 Å². The van der Waals surface area contributed by atoms with Crippen molar-refractivity contribution >= 4 is 34.4 Å². The molecule has 2 aliphatic heterocycles. The molecule has 1 saturated heterocycles. The number of hydrogen-bond acceptors (Lipinski definition) is 2. The smallest absolute Gasteiger partial charge is 0.138 e. The summed E-state index contributed by atoms with van der Waals surface area (Å²) in [6, 6.07) is 0. The minimum absolute atomic E-state index is 0.491. The lowest BCUT2D eigenvalue weighted by atomic mass is 10.4. The van der Waals surface area contributed by atoms with E-state index >= 15 is 0 Å². The van der Waals surface area contributed by atoms with Gasteiger partial charge in [0.2, 0.25) is 0 Å². The molecular weight excluding hydrogens is 235 g/mol. The quantitative estimate of drug-likeness (QED) is 0.393. The molecule has 1 nitrogen and oxygen atoms in total. The SMILES string of the molecule is ICC1=CC2OC2S1.